The number of ketones is 1. The summed E-state index contributed by atoms with van der Waals surface area (Å²) in [5, 5.41) is 5.92. The number of benzene rings is 2. The van der Waals surface area contributed by atoms with E-state index in [9.17, 15) is 9.59 Å². The maximum absolute atomic E-state index is 11.8. The van der Waals surface area contributed by atoms with Crippen molar-refractivity contribution in [3.8, 4) is 0 Å². The molecule has 0 fully saturated rings. The number of hydrogen-bond donors (Lipinski definition) is 2. The number of nitrogens with one attached hydrogen (secondary N) is 2. The number of anilines is 2. The fourth-order valence-electron chi connectivity index (χ4n) is 1.80. The Morgan fingerprint density at radius 3 is 2.29 bits per heavy atom. The molecule has 0 bridgehead atoms. The first kappa shape index (κ1) is 15.1. The summed E-state index contributed by atoms with van der Waals surface area (Å²) in [5.41, 5.74) is 1.86. The second-order valence-corrected chi connectivity index (χ2v) is 4.88. The number of urea groups is 1. The van der Waals surface area contributed by atoms with Crippen LogP contribution in [0.4, 0.5) is 16.2 Å². The van der Waals surface area contributed by atoms with Gasteiger partial charge < -0.3 is 10.6 Å². The van der Waals surface area contributed by atoms with Crippen molar-refractivity contribution in [3.05, 3.63) is 59.1 Å². The lowest BCUT2D eigenvalue weighted by Crippen LogP contribution is -2.19. The van der Waals surface area contributed by atoms with E-state index >= 15 is 0 Å². The minimum atomic E-state index is -0.369. The molecule has 0 atom stereocenters. The number of carbonyl (C=O) groups excluding carboxylic acids is 2. The molecule has 0 aliphatic rings. The average Bonchev–Trinajstić information content (AvgIpc) is 2.47. The fourth-order valence-corrected chi connectivity index (χ4v) is 1.99. The van der Waals surface area contributed by atoms with Crippen LogP contribution in [-0.4, -0.2) is 11.8 Å². The van der Waals surface area contributed by atoms with E-state index in [1.54, 1.807) is 48.5 Å². The van der Waals surface area contributed by atoms with Gasteiger partial charge in [0.05, 0.1) is 0 Å². The van der Waals surface area contributed by atoms with E-state index in [0.717, 1.165) is 0 Å². The molecular formula is C16H15ClN2O2. The maximum atomic E-state index is 11.8. The predicted molar refractivity (Wildman–Crippen MR) is 85.2 cm³/mol. The topological polar surface area (TPSA) is 58.2 Å². The van der Waals surface area contributed by atoms with Crippen molar-refractivity contribution in [3.63, 3.8) is 0 Å². The SMILES string of the molecule is CCC(=O)c1ccc(NC(=O)Nc2cccc(Cl)c2)cc1. The highest BCUT2D eigenvalue weighted by molar-refractivity contribution is 6.30. The molecule has 0 unspecified atom stereocenters. The molecule has 0 heterocycles. The molecule has 2 aromatic carbocycles. The zero-order valence-electron chi connectivity index (χ0n) is 11.5. The number of rotatable bonds is 4. The van der Waals surface area contributed by atoms with Gasteiger partial charge in [-0.15, -0.1) is 0 Å². The van der Waals surface area contributed by atoms with Crippen LogP contribution < -0.4 is 10.6 Å². The molecule has 0 radical (unpaired) electrons. The van der Waals surface area contributed by atoms with Gasteiger partial charge in [-0.3, -0.25) is 4.79 Å². The summed E-state index contributed by atoms with van der Waals surface area (Å²) in [6.07, 6.45) is 0.460. The molecule has 0 saturated heterocycles. The van der Waals surface area contributed by atoms with Crippen molar-refractivity contribution in [2.45, 2.75) is 13.3 Å². The van der Waals surface area contributed by atoms with E-state index in [0.29, 0.717) is 28.4 Å². The van der Waals surface area contributed by atoms with Crippen molar-refractivity contribution in [1.29, 1.82) is 0 Å². The van der Waals surface area contributed by atoms with Gasteiger partial charge >= 0.3 is 6.03 Å². The molecule has 108 valence electrons. The van der Waals surface area contributed by atoms with Crippen molar-refractivity contribution in [2.75, 3.05) is 10.6 Å². The molecule has 0 saturated carbocycles. The third-order valence-electron chi connectivity index (χ3n) is 2.87. The van der Waals surface area contributed by atoms with E-state index in [1.165, 1.54) is 0 Å². The third-order valence-corrected chi connectivity index (χ3v) is 3.10. The van der Waals surface area contributed by atoms with Gasteiger partial charge in [-0.25, -0.2) is 4.79 Å². The van der Waals surface area contributed by atoms with Crippen LogP contribution in [0.1, 0.15) is 23.7 Å². The Kier molecular flexibility index (Phi) is 4.95. The zero-order valence-corrected chi connectivity index (χ0v) is 12.3. The second kappa shape index (κ2) is 6.90. The van der Waals surface area contributed by atoms with Gasteiger partial charge in [-0.05, 0) is 42.5 Å². The summed E-state index contributed by atoms with van der Waals surface area (Å²) in [7, 11) is 0. The van der Waals surface area contributed by atoms with Crippen LogP contribution in [0.2, 0.25) is 5.02 Å². The van der Waals surface area contributed by atoms with E-state index < -0.39 is 0 Å². The molecular weight excluding hydrogens is 288 g/mol. The standard InChI is InChI=1S/C16H15ClN2O2/c1-2-15(20)11-6-8-13(9-7-11)18-16(21)19-14-5-3-4-12(17)10-14/h3-10H,2H2,1H3,(H2,18,19,21). The smallest absolute Gasteiger partial charge is 0.308 e. The van der Waals surface area contributed by atoms with Gasteiger partial charge in [-0.1, -0.05) is 24.6 Å². The van der Waals surface area contributed by atoms with Gasteiger partial charge in [0, 0.05) is 28.4 Å². The van der Waals surface area contributed by atoms with Crippen LogP contribution in [0.25, 0.3) is 0 Å². The van der Waals surface area contributed by atoms with Gasteiger partial charge in [0.15, 0.2) is 5.78 Å². The lowest BCUT2D eigenvalue weighted by molar-refractivity contribution is 0.0988. The monoisotopic (exact) mass is 302 g/mol. The number of hydrogen-bond acceptors (Lipinski definition) is 2. The van der Waals surface area contributed by atoms with E-state index in [-0.39, 0.29) is 11.8 Å². The lowest BCUT2D eigenvalue weighted by Gasteiger charge is -2.08. The molecule has 4 nitrogen and oxygen atoms in total. The molecule has 0 aromatic heterocycles. The molecule has 0 aliphatic heterocycles. The van der Waals surface area contributed by atoms with Crippen molar-refractivity contribution in [1.82, 2.24) is 0 Å². The maximum Gasteiger partial charge on any atom is 0.323 e. The van der Waals surface area contributed by atoms with Crippen LogP contribution in [0.3, 0.4) is 0 Å². The average molecular weight is 303 g/mol. The molecule has 0 spiro atoms. The number of halogens is 1. The van der Waals surface area contributed by atoms with E-state index in [2.05, 4.69) is 10.6 Å². The number of carbonyl (C=O) groups is 2. The molecule has 2 amide bonds. The molecule has 2 aromatic rings. The molecule has 2 rings (SSSR count). The van der Waals surface area contributed by atoms with Crippen LogP contribution in [0.5, 0.6) is 0 Å². The van der Waals surface area contributed by atoms with Crippen LogP contribution in [-0.2, 0) is 0 Å². The minimum absolute atomic E-state index is 0.0740. The number of amides is 2. The number of Topliss-reactive ketones (excluding diaryl/α,β-unsaturated/α-hetero) is 1. The Morgan fingerprint density at radius 2 is 1.67 bits per heavy atom. The summed E-state index contributed by atoms with van der Waals surface area (Å²) < 4.78 is 0. The second-order valence-electron chi connectivity index (χ2n) is 4.44. The molecule has 5 heteroatoms. The van der Waals surface area contributed by atoms with Crippen LogP contribution in [0.15, 0.2) is 48.5 Å². The van der Waals surface area contributed by atoms with Crippen molar-refractivity contribution < 1.29 is 9.59 Å². The highest BCUT2D eigenvalue weighted by Gasteiger charge is 2.05. The first-order valence-electron chi connectivity index (χ1n) is 6.55. The first-order chi connectivity index (χ1) is 10.1. The Labute approximate surface area is 128 Å². The van der Waals surface area contributed by atoms with Gasteiger partial charge in [0.2, 0.25) is 0 Å². The Hall–Kier alpha value is -2.33. The van der Waals surface area contributed by atoms with E-state index in [4.69, 9.17) is 11.6 Å². The normalized spacial score (nSPS) is 10.0. The summed E-state index contributed by atoms with van der Waals surface area (Å²) in [6, 6.07) is 13.3. The van der Waals surface area contributed by atoms with Crippen LogP contribution >= 0.6 is 11.6 Å². The van der Waals surface area contributed by atoms with E-state index in [1.807, 2.05) is 6.92 Å². The predicted octanol–water partition coefficient (Wildman–Crippen LogP) is 4.58. The highest BCUT2D eigenvalue weighted by atomic mass is 35.5. The first-order valence-corrected chi connectivity index (χ1v) is 6.93. The van der Waals surface area contributed by atoms with Gasteiger partial charge in [0.25, 0.3) is 0 Å². The summed E-state index contributed by atoms with van der Waals surface area (Å²) >= 11 is 5.85. The molecule has 0 aliphatic carbocycles. The Bertz CT molecular complexity index is 654. The summed E-state index contributed by atoms with van der Waals surface area (Å²) in [6.45, 7) is 1.81. The van der Waals surface area contributed by atoms with Gasteiger partial charge in [0.1, 0.15) is 0 Å². The van der Waals surface area contributed by atoms with Crippen LogP contribution in [0, 0.1) is 0 Å². The fraction of sp³-hybridized carbons (Fsp3) is 0.125. The Balaban J connectivity index is 1.98. The van der Waals surface area contributed by atoms with Crippen molar-refractivity contribution in [2.24, 2.45) is 0 Å². The van der Waals surface area contributed by atoms with Crippen molar-refractivity contribution >= 4 is 34.8 Å². The highest BCUT2D eigenvalue weighted by Crippen LogP contribution is 2.16. The molecule has 2 N–H and O–H groups in total. The summed E-state index contributed by atoms with van der Waals surface area (Å²) in [5.74, 6) is 0.0740. The zero-order chi connectivity index (χ0) is 15.2. The quantitative estimate of drug-likeness (QED) is 0.812. The third kappa shape index (κ3) is 4.33. The minimum Gasteiger partial charge on any atom is -0.308 e. The lowest BCUT2D eigenvalue weighted by atomic mass is 10.1. The van der Waals surface area contributed by atoms with Gasteiger partial charge in [-0.2, -0.15) is 0 Å². The Morgan fingerprint density at radius 1 is 1.00 bits per heavy atom. The summed E-state index contributed by atoms with van der Waals surface area (Å²) in [4.78, 5) is 23.3. The molecule has 21 heavy (non-hydrogen) atoms. The largest absolute Gasteiger partial charge is 0.323 e.